The van der Waals surface area contributed by atoms with Crippen LogP contribution in [0.4, 0.5) is 74.6 Å². The van der Waals surface area contributed by atoms with E-state index < -0.39 is 60.3 Å². The largest absolute Gasteiger partial charge is 0.435 e. The van der Waals surface area contributed by atoms with Gasteiger partial charge in [-0.25, -0.2) is 8.78 Å². The Bertz CT molecular complexity index is 541. The highest BCUT2D eigenvalue weighted by atomic mass is 19.4. The van der Waals surface area contributed by atoms with E-state index in [4.69, 9.17) is 0 Å². The summed E-state index contributed by atoms with van der Waals surface area (Å²) in [5.74, 6) is 0. The van der Waals surface area contributed by atoms with Gasteiger partial charge < -0.3 is 0 Å². The second-order valence-corrected chi connectivity index (χ2v) is 4.90. The molecule has 0 rings (SSSR count). The summed E-state index contributed by atoms with van der Waals surface area (Å²) < 4.78 is 215. The van der Waals surface area contributed by atoms with E-state index in [1.165, 1.54) is 0 Å². The monoisotopic (exact) mass is 446 g/mol. The van der Waals surface area contributed by atoms with Crippen molar-refractivity contribution < 1.29 is 74.6 Å². The maximum absolute atomic E-state index is 13.8. The molecule has 0 aliphatic carbocycles. The topological polar surface area (TPSA) is 0 Å². The van der Waals surface area contributed by atoms with E-state index >= 15 is 0 Å². The highest BCUT2D eigenvalue weighted by Gasteiger charge is 2.82. The van der Waals surface area contributed by atoms with Crippen molar-refractivity contribution in [2.24, 2.45) is 0 Å². The Morgan fingerprint density at radius 1 is 0.407 bits per heavy atom. The van der Waals surface area contributed by atoms with Crippen LogP contribution < -0.4 is 0 Å². The zero-order chi connectivity index (χ0) is 22.7. The summed E-state index contributed by atoms with van der Waals surface area (Å²) in [4.78, 5) is 0. The predicted molar refractivity (Wildman–Crippen MR) is 50.7 cm³/mol. The first-order valence-corrected chi connectivity index (χ1v) is 5.71. The Morgan fingerprint density at radius 2 is 0.667 bits per heavy atom. The van der Waals surface area contributed by atoms with Crippen molar-refractivity contribution in [1.82, 2.24) is 0 Å². The Balaban J connectivity index is 7.91. The van der Waals surface area contributed by atoms with Gasteiger partial charge >= 0.3 is 36.6 Å². The van der Waals surface area contributed by atoms with Gasteiger partial charge in [0.1, 0.15) is 5.57 Å². The van der Waals surface area contributed by atoms with Crippen molar-refractivity contribution in [2.45, 2.75) is 49.1 Å². The summed E-state index contributed by atoms with van der Waals surface area (Å²) in [6, 6.07) is 0. The van der Waals surface area contributed by atoms with Crippen LogP contribution in [-0.4, -0.2) is 42.2 Å². The Kier molecular flexibility index (Phi) is 5.95. The van der Waals surface area contributed by atoms with Crippen LogP contribution in [0.25, 0.3) is 0 Å². The van der Waals surface area contributed by atoms with E-state index in [1.54, 1.807) is 0 Å². The molecule has 0 nitrogen and oxygen atoms in total. The molecule has 0 aromatic carbocycles. The Morgan fingerprint density at radius 3 is 0.815 bits per heavy atom. The molecule has 0 radical (unpaired) electrons. The first-order chi connectivity index (χ1) is 11.2. The van der Waals surface area contributed by atoms with Crippen LogP contribution in [0.3, 0.4) is 0 Å². The van der Waals surface area contributed by atoms with E-state index in [2.05, 4.69) is 0 Å². The normalized spacial score (nSPS) is 17.6. The number of rotatable bonds is 2. The van der Waals surface area contributed by atoms with Crippen LogP contribution in [0.15, 0.2) is 11.1 Å². The second kappa shape index (κ2) is 6.28. The molecule has 0 N–H and O–H groups in total. The lowest BCUT2D eigenvalue weighted by Crippen LogP contribution is -2.62. The van der Waals surface area contributed by atoms with Crippen LogP contribution >= 0.6 is 0 Å². The summed E-state index contributed by atoms with van der Waals surface area (Å²) in [5.41, 5.74) is -25.2. The Labute approximate surface area is 136 Å². The van der Waals surface area contributed by atoms with Gasteiger partial charge in [-0.15, -0.1) is 0 Å². The molecule has 0 aliphatic heterocycles. The minimum atomic E-state index is -7.99. The number of hydrogen-bond donors (Lipinski definition) is 0. The molecule has 0 fully saturated rings. The lowest BCUT2D eigenvalue weighted by molar-refractivity contribution is -0.338. The zero-order valence-electron chi connectivity index (χ0n) is 11.9. The van der Waals surface area contributed by atoms with Crippen LogP contribution in [0.2, 0.25) is 0 Å². The summed E-state index contributed by atoms with van der Waals surface area (Å²) >= 11 is 0. The minimum absolute atomic E-state index is 1.54. The molecule has 17 heteroatoms. The summed E-state index contributed by atoms with van der Waals surface area (Å²) in [6.07, 6.45) is -38.0. The molecule has 0 spiro atoms. The summed E-state index contributed by atoms with van der Waals surface area (Å²) in [6.45, 7) is -1.54. The molecule has 0 aliphatic rings. The molecule has 0 aromatic rings. The molecule has 162 valence electrons. The molecule has 0 aromatic heterocycles. The average molecular weight is 446 g/mol. The van der Waals surface area contributed by atoms with Gasteiger partial charge in [0.15, 0.2) is 0 Å². The number of alkyl halides is 17. The third-order valence-electron chi connectivity index (χ3n) is 2.94. The van der Waals surface area contributed by atoms with E-state index in [0.29, 0.717) is 0 Å². The van der Waals surface area contributed by atoms with Gasteiger partial charge in [0.2, 0.25) is 5.67 Å². The van der Waals surface area contributed by atoms with Crippen molar-refractivity contribution in [2.75, 3.05) is 0 Å². The SMILES string of the molecule is C[C@@](F)(C(=C(C(F)(F)F)C(F)(F)F)C(F)(C(F)(F)F)C(F)(F)F)C(F)(F)F. The van der Waals surface area contributed by atoms with Crippen molar-refractivity contribution in [1.29, 1.82) is 0 Å². The third kappa shape index (κ3) is 4.35. The molecule has 0 saturated carbocycles. The van der Waals surface area contributed by atoms with Gasteiger partial charge in [-0.3, -0.25) is 0 Å². The highest BCUT2D eigenvalue weighted by Crippen LogP contribution is 2.60. The lowest BCUT2D eigenvalue weighted by atomic mass is 9.78. The van der Waals surface area contributed by atoms with Crippen molar-refractivity contribution in [3.63, 3.8) is 0 Å². The maximum Gasteiger partial charge on any atom is 0.435 e. The van der Waals surface area contributed by atoms with Crippen molar-refractivity contribution >= 4 is 0 Å². The highest BCUT2D eigenvalue weighted by molar-refractivity contribution is 5.42. The molecule has 0 amide bonds. The van der Waals surface area contributed by atoms with Gasteiger partial charge in [-0.1, -0.05) is 0 Å². The molecule has 27 heavy (non-hydrogen) atoms. The molecule has 1 atom stereocenters. The summed E-state index contributed by atoms with van der Waals surface area (Å²) in [7, 11) is 0. The van der Waals surface area contributed by atoms with Crippen LogP contribution in [-0.2, 0) is 0 Å². The van der Waals surface area contributed by atoms with Crippen LogP contribution in [0, 0.1) is 0 Å². The lowest BCUT2D eigenvalue weighted by Gasteiger charge is -2.40. The first-order valence-electron chi connectivity index (χ1n) is 5.71. The van der Waals surface area contributed by atoms with Gasteiger partial charge in [-0.2, -0.15) is 65.9 Å². The quantitative estimate of drug-likeness (QED) is 0.334. The average Bonchev–Trinajstić information content (AvgIpc) is 2.26. The molecular weight excluding hydrogens is 443 g/mol. The maximum atomic E-state index is 13.8. The van der Waals surface area contributed by atoms with Crippen LogP contribution in [0.5, 0.6) is 0 Å². The number of hydrogen-bond acceptors (Lipinski definition) is 0. The zero-order valence-corrected chi connectivity index (χ0v) is 11.9. The van der Waals surface area contributed by atoms with Gasteiger partial charge in [-0.05, 0) is 6.92 Å². The predicted octanol–water partition coefficient (Wildman–Crippen LogP) is 6.53. The first kappa shape index (κ1) is 25.6. The molecular formula is C10H3F17. The van der Waals surface area contributed by atoms with Gasteiger partial charge in [0.25, 0.3) is 0 Å². The fraction of sp³-hybridized carbons (Fsp3) is 0.800. The third-order valence-corrected chi connectivity index (χ3v) is 2.94. The van der Waals surface area contributed by atoms with Crippen molar-refractivity contribution in [3.05, 3.63) is 11.1 Å². The number of allylic oxidation sites excluding steroid dienone is 2. The molecule has 0 heterocycles. The smallest absolute Gasteiger partial charge is 0.229 e. The molecule has 0 unspecified atom stereocenters. The van der Waals surface area contributed by atoms with E-state index in [1.807, 2.05) is 0 Å². The summed E-state index contributed by atoms with van der Waals surface area (Å²) in [5, 5.41) is 0. The van der Waals surface area contributed by atoms with Gasteiger partial charge in [0, 0.05) is 5.57 Å². The molecule has 0 saturated heterocycles. The fourth-order valence-corrected chi connectivity index (χ4v) is 1.76. The Hall–Kier alpha value is -1.45. The minimum Gasteiger partial charge on any atom is -0.229 e. The van der Waals surface area contributed by atoms with Crippen LogP contribution in [0.1, 0.15) is 6.92 Å². The second-order valence-electron chi connectivity index (χ2n) is 4.90. The number of halogens is 17. The fourth-order valence-electron chi connectivity index (χ4n) is 1.76. The van der Waals surface area contributed by atoms with Crippen molar-refractivity contribution in [3.8, 4) is 0 Å². The van der Waals surface area contributed by atoms with E-state index in [0.717, 1.165) is 0 Å². The molecule has 0 bridgehead atoms. The standard InChI is InChI=1S/C10H3F17/c1-4(11,8(19,20)21)2(3(6(13,14)15)7(16,17)18)5(12,9(22,23)24)10(25,26)27/h1H3/t4-/m1/s1. The van der Waals surface area contributed by atoms with E-state index in [9.17, 15) is 74.6 Å². The van der Waals surface area contributed by atoms with E-state index in [-0.39, 0.29) is 0 Å². The van der Waals surface area contributed by atoms with Gasteiger partial charge in [0.05, 0.1) is 0 Å².